The maximum absolute atomic E-state index is 3.66. The molecule has 1 atom stereocenters. The van der Waals surface area contributed by atoms with Crippen LogP contribution in [0.2, 0.25) is 0 Å². The SMILES string of the molecule is CCC(Nc1cccc(C(C)C)c1)c1ccc(C)cc1. The summed E-state index contributed by atoms with van der Waals surface area (Å²) in [5.74, 6) is 0.566. The Morgan fingerprint density at radius 1 is 0.950 bits per heavy atom. The van der Waals surface area contributed by atoms with Crippen LogP contribution < -0.4 is 5.32 Å². The van der Waals surface area contributed by atoms with Gasteiger partial charge in [0.15, 0.2) is 0 Å². The fourth-order valence-electron chi connectivity index (χ4n) is 2.41. The van der Waals surface area contributed by atoms with Gasteiger partial charge < -0.3 is 5.32 Å². The van der Waals surface area contributed by atoms with Crippen molar-refractivity contribution in [2.75, 3.05) is 5.32 Å². The van der Waals surface area contributed by atoms with Gasteiger partial charge in [-0.2, -0.15) is 0 Å². The number of hydrogen-bond donors (Lipinski definition) is 1. The van der Waals surface area contributed by atoms with Crippen molar-refractivity contribution in [2.24, 2.45) is 0 Å². The van der Waals surface area contributed by atoms with E-state index in [1.807, 2.05) is 0 Å². The fraction of sp³-hybridized carbons (Fsp3) is 0.368. The van der Waals surface area contributed by atoms with Gasteiger partial charge in [-0.3, -0.25) is 0 Å². The Morgan fingerprint density at radius 3 is 2.25 bits per heavy atom. The van der Waals surface area contributed by atoms with E-state index in [2.05, 4.69) is 81.5 Å². The molecule has 2 aromatic rings. The predicted octanol–water partition coefficient (Wildman–Crippen LogP) is 5.68. The minimum atomic E-state index is 0.373. The van der Waals surface area contributed by atoms with Crippen LogP contribution in [0.15, 0.2) is 48.5 Å². The summed E-state index contributed by atoms with van der Waals surface area (Å²) in [6.07, 6.45) is 1.08. The second-order valence-electron chi connectivity index (χ2n) is 5.80. The van der Waals surface area contributed by atoms with Crippen LogP contribution in [-0.4, -0.2) is 0 Å². The van der Waals surface area contributed by atoms with Crippen molar-refractivity contribution in [3.05, 3.63) is 65.2 Å². The summed E-state index contributed by atoms with van der Waals surface area (Å²) in [5, 5.41) is 3.66. The van der Waals surface area contributed by atoms with E-state index >= 15 is 0 Å². The highest BCUT2D eigenvalue weighted by molar-refractivity contribution is 5.48. The molecule has 0 aliphatic heterocycles. The average molecular weight is 267 g/mol. The summed E-state index contributed by atoms with van der Waals surface area (Å²) in [5.41, 5.74) is 5.26. The number of hydrogen-bond acceptors (Lipinski definition) is 1. The summed E-state index contributed by atoms with van der Waals surface area (Å²) in [4.78, 5) is 0. The first-order valence-corrected chi connectivity index (χ1v) is 7.53. The smallest absolute Gasteiger partial charge is 0.0511 e. The van der Waals surface area contributed by atoms with Gasteiger partial charge in [-0.05, 0) is 42.5 Å². The largest absolute Gasteiger partial charge is 0.378 e. The van der Waals surface area contributed by atoms with E-state index in [9.17, 15) is 0 Å². The van der Waals surface area contributed by atoms with Crippen molar-refractivity contribution in [2.45, 2.75) is 46.1 Å². The Bertz CT molecular complexity index is 540. The first-order chi connectivity index (χ1) is 9.60. The average Bonchev–Trinajstić information content (AvgIpc) is 2.46. The van der Waals surface area contributed by atoms with Crippen molar-refractivity contribution in [1.82, 2.24) is 0 Å². The van der Waals surface area contributed by atoms with E-state index in [4.69, 9.17) is 0 Å². The third kappa shape index (κ3) is 3.63. The van der Waals surface area contributed by atoms with Crippen LogP contribution in [-0.2, 0) is 0 Å². The minimum absolute atomic E-state index is 0.373. The van der Waals surface area contributed by atoms with Crippen molar-refractivity contribution < 1.29 is 0 Å². The van der Waals surface area contributed by atoms with Gasteiger partial charge in [0, 0.05) is 5.69 Å². The van der Waals surface area contributed by atoms with Gasteiger partial charge >= 0.3 is 0 Å². The van der Waals surface area contributed by atoms with Crippen molar-refractivity contribution >= 4 is 5.69 Å². The topological polar surface area (TPSA) is 12.0 Å². The van der Waals surface area contributed by atoms with E-state index in [0.717, 1.165) is 6.42 Å². The van der Waals surface area contributed by atoms with Gasteiger partial charge in [-0.15, -0.1) is 0 Å². The van der Waals surface area contributed by atoms with Crippen LogP contribution in [0.3, 0.4) is 0 Å². The lowest BCUT2D eigenvalue weighted by molar-refractivity contribution is 0.748. The summed E-state index contributed by atoms with van der Waals surface area (Å²) in [7, 11) is 0. The lowest BCUT2D eigenvalue weighted by Crippen LogP contribution is -2.09. The molecule has 0 heterocycles. The molecule has 0 aliphatic carbocycles. The van der Waals surface area contributed by atoms with Gasteiger partial charge in [-0.1, -0.05) is 62.7 Å². The molecule has 1 heteroatoms. The van der Waals surface area contributed by atoms with Crippen molar-refractivity contribution in [3.63, 3.8) is 0 Å². The molecule has 2 rings (SSSR count). The highest BCUT2D eigenvalue weighted by Gasteiger charge is 2.09. The zero-order valence-electron chi connectivity index (χ0n) is 13.0. The number of rotatable bonds is 5. The molecule has 0 bridgehead atoms. The molecule has 0 radical (unpaired) electrons. The third-order valence-corrected chi connectivity index (χ3v) is 3.78. The molecule has 0 amide bonds. The minimum Gasteiger partial charge on any atom is -0.378 e. The summed E-state index contributed by atoms with van der Waals surface area (Å²) in [6.45, 7) is 8.82. The molecule has 0 aliphatic rings. The zero-order valence-corrected chi connectivity index (χ0v) is 13.0. The second kappa shape index (κ2) is 6.60. The molecule has 0 spiro atoms. The van der Waals surface area contributed by atoms with Crippen molar-refractivity contribution in [3.8, 4) is 0 Å². The molecule has 1 N–H and O–H groups in total. The Balaban J connectivity index is 2.17. The van der Waals surface area contributed by atoms with Crippen molar-refractivity contribution in [1.29, 1.82) is 0 Å². The van der Waals surface area contributed by atoms with Crippen LogP contribution >= 0.6 is 0 Å². The maximum atomic E-state index is 3.66. The monoisotopic (exact) mass is 267 g/mol. The molecule has 2 aromatic carbocycles. The number of benzene rings is 2. The van der Waals surface area contributed by atoms with Crippen LogP contribution in [0, 0.1) is 6.92 Å². The third-order valence-electron chi connectivity index (χ3n) is 3.78. The highest BCUT2D eigenvalue weighted by atomic mass is 14.9. The molecule has 0 saturated carbocycles. The second-order valence-corrected chi connectivity index (χ2v) is 5.80. The standard InChI is InChI=1S/C19H25N/c1-5-19(16-11-9-15(4)10-12-16)20-18-8-6-7-17(13-18)14(2)3/h6-14,19-20H,5H2,1-4H3. The number of anilines is 1. The Labute approximate surface area is 123 Å². The molecule has 0 aromatic heterocycles. The van der Waals surface area contributed by atoms with Gasteiger partial charge in [0.1, 0.15) is 0 Å². The normalized spacial score (nSPS) is 12.4. The number of nitrogens with one attached hydrogen (secondary N) is 1. The molecule has 0 fully saturated rings. The highest BCUT2D eigenvalue weighted by Crippen LogP contribution is 2.25. The Morgan fingerprint density at radius 2 is 1.65 bits per heavy atom. The fourth-order valence-corrected chi connectivity index (χ4v) is 2.41. The lowest BCUT2D eigenvalue weighted by Gasteiger charge is -2.20. The first-order valence-electron chi connectivity index (χ1n) is 7.53. The van der Waals surface area contributed by atoms with E-state index in [-0.39, 0.29) is 0 Å². The molecule has 1 nitrogen and oxygen atoms in total. The molecule has 0 saturated heterocycles. The van der Waals surface area contributed by atoms with Gasteiger partial charge in [0.05, 0.1) is 6.04 Å². The summed E-state index contributed by atoms with van der Waals surface area (Å²) < 4.78 is 0. The van der Waals surface area contributed by atoms with Gasteiger partial charge in [-0.25, -0.2) is 0 Å². The molecular formula is C19H25N. The van der Waals surface area contributed by atoms with E-state index in [1.54, 1.807) is 0 Å². The molecule has 20 heavy (non-hydrogen) atoms. The molecule has 106 valence electrons. The van der Waals surface area contributed by atoms with Gasteiger partial charge in [0.2, 0.25) is 0 Å². The maximum Gasteiger partial charge on any atom is 0.0511 e. The molecule has 1 unspecified atom stereocenters. The van der Waals surface area contributed by atoms with E-state index in [1.165, 1.54) is 22.4 Å². The van der Waals surface area contributed by atoms with E-state index in [0.29, 0.717) is 12.0 Å². The van der Waals surface area contributed by atoms with Gasteiger partial charge in [0.25, 0.3) is 0 Å². The predicted molar refractivity (Wildman–Crippen MR) is 88.4 cm³/mol. The quantitative estimate of drug-likeness (QED) is 0.734. The lowest BCUT2D eigenvalue weighted by atomic mass is 10.0. The first kappa shape index (κ1) is 14.6. The van der Waals surface area contributed by atoms with Crippen LogP contribution in [0.25, 0.3) is 0 Å². The zero-order chi connectivity index (χ0) is 14.5. The van der Waals surface area contributed by atoms with Crippen LogP contribution in [0.1, 0.15) is 55.8 Å². The number of aryl methyl sites for hydroxylation is 1. The van der Waals surface area contributed by atoms with Crippen LogP contribution in [0.5, 0.6) is 0 Å². The Kier molecular flexibility index (Phi) is 4.84. The Hall–Kier alpha value is -1.76. The summed E-state index contributed by atoms with van der Waals surface area (Å²) >= 11 is 0. The molecular weight excluding hydrogens is 242 g/mol. The summed E-state index contributed by atoms with van der Waals surface area (Å²) in [6, 6.07) is 17.9. The van der Waals surface area contributed by atoms with E-state index < -0.39 is 0 Å². The van der Waals surface area contributed by atoms with Crippen LogP contribution in [0.4, 0.5) is 5.69 Å².